The number of sulfone groups is 1. The molecular weight excluding hydrogens is 489 g/mol. The first-order chi connectivity index (χ1) is 17.5. The fourth-order valence-corrected chi connectivity index (χ4v) is 6.04. The molecule has 0 fully saturated rings. The van der Waals surface area contributed by atoms with Gasteiger partial charge in [-0.05, 0) is 53.8 Å². The molecule has 0 atom stereocenters. The van der Waals surface area contributed by atoms with Crippen LogP contribution in [-0.2, 0) is 21.8 Å². The van der Waals surface area contributed by atoms with Gasteiger partial charge in [0, 0.05) is 35.4 Å². The molecule has 0 aliphatic rings. The van der Waals surface area contributed by atoms with Crippen molar-refractivity contribution in [3.63, 3.8) is 0 Å². The maximum absolute atomic E-state index is 13.4. The lowest BCUT2D eigenvalue weighted by atomic mass is 9.87. The third-order valence-corrected chi connectivity index (χ3v) is 8.28. The summed E-state index contributed by atoms with van der Waals surface area (Å²) in [6, 6.07) is 20.6. The topological polar surface area (TPSA) is 80.2 Å². The van der Waals surface area contributed by atoms with Crippen molar-refractivity contribution >= 4 is 32.5 Å². The van der Waals surface area contributed by atoms with Crippen LogP contribution in [0.15, 0.2) is 77.7 Å². The highest BCUT2D eigenvalue weighted by Crippen LogP contribution is 2.31. The van der Waals surface area contributed by atoms with Gasteiger partial charge < -0.3 is 15.2 Å². The van der Waals surface area contributed by atoms with Gasteiger partial charge in [0.25, 0.3) is 0 Å². The molecule has 2 N–H and O–H groups in total. The molecule has 0 spiro atoms. The minimum atomic E-state index is -3.71. The summed E-state index contributed by atoms with van der Waals surface area (Å²) in [7, 11) is -3.71. The molecule has 0 saturated carbocycles. The van der Waals surface area contributed by atoms with Crippen molar-refractivity contribution in [1.82, 2.24) is 9.88 Å². The number of aromatic nitrogens is 1. The Morgan fingerprint density at radius 3 is 2.24 bits per heavy atom. The lowest BCUT2D eigenvalue weighted by Gasteiger charge is -2.19. The van der Waals surface area contributed by atoms with Crippen LogP contribution >= 0.6 is 0 Å². The molecule has 1 heterocycles. The molecule has 0 radical (unpaired) electrons. The monoisotopic (exact) mass is 521 g/mol. The van der Waals surface area contributed by atoms with Gasteiger partial charge >= 0.3 is 6.03 Å². The molecule has 6 nitrogen and oxygen atoms in total. The Labute approximate surface area is 217 Å². The smallest absolute Gasteiger partial charge is 0.319 e. The molecule has 37 heavy (non-hydrogen) atoms. The molecular formula is C29H32FN3O3S. The number of anilines is 1. The average molecular weight is 522 g/mol. The van der Waals surface area contributed by atoms with E-state index in [2.05, 4.69) is 31.4 Å². The van der Waals surface area contributed by atoms with Gasteiger partial charge in [0.05, 0.1) is 10.6 Å². The van der Waals surface area contributed by atoms with E-state index in [-0.39, 0.29) is 28.4 Å². The van der Waals surface area contributed by atoms with Gasteiger partial charge in [-0.1, -0.05) is 63.2 Å². The van der Waals surface area contributed by atoms with Crippen LogP contribution in [0, 0.1) is 12.7 Å². The van der Waals surface area contributed by atoms with Gasteiger partial charge in [-0.15, -0.1) is 0 Å². The van der Waals surface area contributed by atoms with Gasteiger partial charge in [-0.2, -0.15) is 0 Å². The molecule has 4 aromatic rings. The Bertz CT molecular complexity index is 1520. The average Bonchev–Trinajstić information content (AvgIpc) is 3.12. The molecule has 4 rings (SSSR count). The lowest BCUT2D eigenvalue weighted by Crippen LogP contribution is -2.33. The van der Waals surface area contributed by atoms with E-state index in [9.17, 15) is 17.6 Å². The van der Waals surface area contributed by atoms with Crippen molar-refractivity contribution in [2.45, 2.75) is 44.6 Å². The summed E-state index contributed by atoms with van der Waals surface area (Å²) in [4.78, 5) is 12.6. The van der Waals surface area contributed by atoms with Crippen molar-refractivity contribution in [2.75, 3.05) is 17.6 Å². The number of hydrogen-bond acceptors (Lipinski definition) is 3. The van der Waals surface area contributed by atoms with Crippen LogP contribution in [0.2, 0.25) is 0 Å². The van der Waals surface area contributed by atoms with Crippen LogP contribution in [0.25, 0.3) is 10.9 Å². The molecule has 0 bridgehead atoms. The normalized spacial score (nSPS) is 12.0. The van der Waals surface area contributed by atoms with Gasteiger partial charge in [0.1, 0.15) is 5.82 Å². The van der Waals surface area contributed by atoms with E-state index in [0.717, 1.165) is 16.6 Å². The molecule has 194 valence electrons. The maximum Gasteiger partial charge on any atom is 0.319 e. The molecule has 0 aliphatic heterocycles. The Kier molecular flexibility index (Phi) is 7.41. The minimum Gasteiger partial charge on any atom is -0.339 e. The van der Waals surface area contributed by atoms with Crippen molar-refractivity contribution in [3.05, 3.63) is 95.4 Å². The second kappa shape index (κ2) is 10.4. The van der Waals surface area contributed by atoms with Crippen LogP contribution in [0.3, 0.4) is 0 Å². The number of nitrogens with one attached hydrogen (secondary N) is 2. The quantitative estimate of drug-likeness (QED) is 0.312. The number of carbonyl (C=O) groups excluding carboxylic acids is 1. The molecule has 2 amide bonds. The number of benzene rings is 3. The number of urea groups is 1. The van der Waals surface area contributed by atoms with Crippen molar-refractivity contribution in [1.29, 1.82) is 0 Å². The highest BCUT2D eigenvalue weighted by Gasteiger charge is 2.25. The number of hydrogen-bond donors (Lipinski definition) is 2. The zero-order chi connectivity index (χ0) is 26.8. The molecule has 0 aliphatic carbocycles. The van der Waals surface area contributed by atoms with Crippen molar-refractivity contribution in [3.8, 4) is 0 Å². The van der Waals surface area contributed by atoms with E-state index >= 15 is 0 Å². The fourth-order valence-electron chi connectivity index (χ4n) is 4.40. The van der Waals surface area contributed by atoms with Gasteiger partial charge in [0.2, 0.25) is 0 Å². The third kappa shape index (κ3) is 6.02. The SMILES string of the molecule is Cc1c(S(=O)(=O)CCNC(=O)Nc2ccc(C(C)(C)C)cc2)c2ccccc2n1Cc1ccc(F)cc1. The zero-order valence-corrected chi connectivity index (χ0v) is 22.3. The number of carbonyl (C=O) groups is 1. The van der Waals surface area contributed by atoms with Crippen LogP contribution in [0.1, 0.15) is 37.6 Å². The predicted molar refractivity (Wildman–Crippen MR) is 146 cm³/mol. The highest BCUT2D eigenvalue weighted by atomic mass is 32.2. The number of fused-ring (bicyclic) bond motifs is 1. The Morgan fingerprint density at radius 2 is 1.59 bits per heavy atom. The fraction of sp³-hybridized carbons (Fsp3) is 0.276. The largest absolute Gasteiger partial charge is 0.339 e. The number of nitrogens with zero attached hydrogens (tertiary/aromatic N) is 1. The summed E-state index contributed by atoms with van der Waals surface area (Å²) < 4.78 is 42.1. The number of halogens is 1. The summed E-state index contributed by atoms with van der Waals surface area (Å²) >= 11 is 0. The van der Waals surface area contributed by atoms with Gasteiger partial charge in [-0.25, -0.2) is 17.6 Å². The Morgan fingerprint density at radius 1 is 0.946 bits per heavy atom. The van der Waals surface area contributed by atoms with Crippen LogP contribution < -0.4 is 10.6 Å². The standard InChI is InChI=1S/C29H32FN3O3S/c1-20-27(25-7-5-6-8-26(25)33(20)19-21-9-13-23(30)14-10-21)37(35,36)18-17-31-28(34)32-24-15-11-22(12-16-24)29(2,3)4/h5-16H,17-19H2,1-4H3,(H2,31,32,34). The molecule has 3 aromatic carbocycles. The van der Waals surface area contributed by atoms with Crippen LogP contribution in [0.4, 0.5) is 14.9 Å². The Hall–Kier alpha value is -3.65. The number of amides is 2. The number of rotatable bonds is 7. The molecule has 1 aromatic heterocycles. The van der Waals surface area contributed by atoms with Gasteiger partial charge in [-0.3, -0.25) is 0 Å². The molecule has 0 saturated heterocycles. The second-order valence-electron chi connectivity index (χ2n) is 10.2. The molecule has 8 heteroatoms. The first kappa shape index (κ1) is 26.4. The van der Waals surface area contributed by atoms with Crippen molar-refractivity contribution in [2.24, 2.45) is 0 Å². The predicted octanol–water partition coefficient (Wildman–Crippen LogP) is 6.03. The van der Waals surface area contributed by atoms with E-state index in [1.54, 1.807) is 31.2 Å². The summed E-state index contributed by atoms with van der Waals surface area (Å²) in [5, 5.41) is 6.03. The maximum atomic E-state index is 13.4. The first-order valence-electron chi connectivity index (χ1n) is 12.2. The van der Waals surface area contributed by atoms with Crippen molar-refractivity contribution < 1.29 is 17.6 Å². The zero-order valence-electron chi connectivity index (χ0n) is 21.5. The van der Waals surface area contributed by atoms with E-state index in [1.807, 2.05) is 41.0 Å². The van der Waals surface area contributed by atoms with E-state index in [0.29, 0.717) is 23.3 Å². The Balaban J connectivity index is 1.47. The third-order valence-electron chi connectivity index (χ3n) is 6.40. The molecule has 0 unspecified atom stereocenters. The summed E-state index contributed by atoms with van der Waals surface area (Å²) in [5.74, 6) is -0.561. The number of para-hydroxylation sites is 1. The van der Waals surface area contributed by atoms with E-state index < -0.39 is 15.9 Å². The summed E-state index contributed by atoms with van der Waals surface area (Å²) in [6.45, 7) is 8.50. The minimum absolute atomic E-state index is 0.00934. The highest BCUT2D eigenvalue weighted by molar-refractivity contribution is 7.91. The second-order valence-corrected chi connectivity index (χ2v) is 12.2. The summed E-state index contributed by atoms with van der Waals surface area (Å²) in [6.07, 6.45) is 0. The van der Waals surface area contributed by atoms with Crippen LogP contribution in [-0.4, -0.2) is 31.3 Å². The lowest BCUT2D eigenvalue weighted by molar-refractivity contribution is 0.252. The summed E-state index contributed by atoms with van der Waals surface area (Å²) in [5.41, 5.74) is 4.05. The van der Waals surface area contributed by atoms with Gasteiger partial charge in [0.15, 0.2) is 9.84 Å². The van der Waals surface area contributed by atoms with E-state index in [1.165, 1.54) is 12.1 Å². The first-order valence-corrected chi connectivity index (χ1v) is 13.8. The van der Waals surface area contributed by atoms with Crippen LogP contribution in [0.5, 0.6) is 0 Å². The van der Waals surface area contributed by atoms with E-state index in [4.69, 9.17) is 0 Å².